The summed E-state index contributed by atoms with van der Waals surface area (Å²) >= 11 is 0. The van der Waals surface area contributed by atoms with E-state index in [0.717, 1.165) is 38.8 Å². The van der Waals surface area contributed by atoms with Gasteiger partial charge in [0.15, 0.2) is 0 Å². The van der Waals surface area contributed by atoms with Gasteiger partial charge in [-0.2, -0.15) is 0 Å². The first-order chi connectivity index (χ1) is 14.4. The van der Waals surface area contributed by atoms with Crippen molar-refractivity contribution in [1.82, 2.24) is 14.7 Å². The first-order valence-corrected chi connectivity index (χ1v) is 11.5. The highest BCUT2D eigenvalue weighted by Crippen LogP contribution is 2.50. The van der Waals surface area contributed by atoms with E-state index >= 15 is 0 Å². The molecule has 2 amide bonds. The number of nitrogens with two attached hydrogens (primary N) is 1. The van der Waals surface area contributed by atoms with E-state index in [1.165, 1.54) is 18.4 Å². The van der Waals surface area contributed by atoms with Crippen LogP contribution < -0.4 is 5.73 Å². The van der Waals surface area contributed by atoms with Crippen molar-refractivity contribution in [1.29, 1.82) is 0 Å². The smallest absolute Gasteiger partial charge is 0.320 e. The van der Waals surface area contributed by atoms with Gasteiger partial charge in [0.25, 0.3) is 0 Å². The van der Waals surface area contributed by atoms with Crippen LogP contribution in [0.4, 0.5) is 4.79 Å². The van der Waals surface area contributed by atoms with Gasteiger partial charge in [-0.25, -0.2) is 4.79 Å². The quantitative estimate of drug-likeness (QED) is 0.780. The number of amides is 2. The van der Waals surface area contributed by atoms with E-state index < -0.39 is 0 Å². The molecule has 0 unspecified atom stereocenters. The molecule has 2 saturated carbocycles. The predicted molar refractivity (Wildman–Crippen MR) is 117 cm³/mol. The predicted octanol–water partition coefficient (Wildman–Crippen LogP) is 2.63. The number of urea groups is 1. The molecule has 6 nitrogen and oxygen atoms in total. The lowest BCUT2D eigenvalue weighted by Gasteiger charge is -2.51. The van der Waals surface area contributed by atoms with Crippen molar-refractivity contribution in [3.63, 3.8) is 0 Å². The minimum Gasteiger partial charge on any atom is -0.377 e. The summed E-state index contributed by atoms with van der Waals surface area (Å²) in [6.45, 7) is 3.47. The summed E-state index contributed by atoms with van der Waals surface area (Å²) in [6.07, 6.45) is 6.76. The van der Waals surface area contributed by atoms with Gasteiger partial charge in [0.05, 0.1) is 24.3 Å². The van der Waals surface area contributed by atoms with Crippen LogP contribution in [0.15, 0.2) is 30.3 Å². The maximum Gasteiger partial charge on any atom is 0.320 e. The Bertz CT molecular complexity index is 780. The number of carbonyl (C=O) groups excluding carboxylic acids is 1. The Labute approximate surface area is 180 Å². The number of ether oxygens (including phenoxy) is 1. The standard InChI is InChI=1S/C24H36N4O2/c1-26(2)24(20-6-4-3-5-7-20)12-10-23(11-13-24)16-27(15-22(25)17-30-18-22)21(29)28(23)14-19-8-9-19/h3-7,19H,8-18,25H2,1-2H3/t23-,24-. The van der Waals surface area contributed by atoms with Gasteiger partial charge in [0, 0.05) is 25.2 Å². The highest BCUT2D eigenvalue weighted by molar-refractivity contribution is 5.78. The van der Waals surface area contributed by atoms with Crippen molar-refractivity contribution in [3.8, 4) is 0 Å². The first kappa shape index (κ1) is 20.3. The summed E-state index contributed by atoms with van der Waals surface area (Å²) in [7, 11) is 4.40. The fourth-order valence-electron chi connectivity index (χ4n) is 5.97. The van der Waals surface area contributed by atoms with Crippen LogP contribution in [-0.2, 0) is 10.3 Å². The highest BCUT2D eigenvalue weighted by atomic mass is 16.5. The van der Waals surface area contributed by atoms with E-state index in [4.69, 9.17) is 10.5 Å². The molecule has 2 saturated heterocycles. The maximum atomic E-state index is 13.5. The Morgan fingerprint density at radius 2 is 1.77 bits per heavy atom. The SMILES string of the molecule is CN(C)[C@]1(c2ccccc2)CC[C@@]2(CC1)CN(CC1(N)COC1)C(=O)N2CC1CC1. The molecule has 0 atom stereocenters. The molecule has 1 aromatic rings. The van der Waals surface area contributed by atoms with Gasteiger partial charge in [-0.15, -0.1) is 0 Å². The second-order valence-corrected chi connectivity index (χ2v) is 10.6. The van der Waals surface area contributed by atoms with Gasteiger partial charge in [-0.3, -0.25) is 4.90 Å². The van der Waals surface area contributed by atoms with E-state index in [9.17, 15) is 4.79 Å². The lowest BCUT2D eigenvalue weighted by Crippen LogP contribution is -2.64. The zero-order valence-corrected chi connectivity index (χ0v) is 18.5. The van der Waals surface area contributed by atoms with Crippen LogP contribution in [-0.4, -0.2) is 78.8 Å². The average molecular weight is 413 g/mol. The molecular formula is C24H36N4O2. The van der Waals surface area contributed by atoms with Crippen LogP contribution in [0.5, 0.6) is 0 Å². The maximum absolute atomic E-state index is 13.5. The van der Waals surface area contributed by atoms with Gasteiger partial charge in [-0.1, -0.05) is 30.3 Å². The summed E-state index contributed by atoms with van der Waals surface area (Å²) in [5, 5.41) is 0. The van der Waals surface area contributed by atoms with E-state index in [1.54, 1.807) is 0 Å². The van der Waals surface area contributed by atoms with Gasteiger partial charge < -0.3 is 20.3 Å². The number of carbonyl (C=O) groups is 1. The van der Waals surface area contributed by atoms with E-state index in [2.05, 4.69) is 54.2 Å². The topological polar surface area (TPSA) is 62.0 Å². The average Bonchev–Trinajstić information content (AvgIpc) is 3.51. The van der Waals surface area contributed by atoms with Gasteiger partial charge in [0.1, 0.15) is 0 Å². The summed E-state index contributed by atoms with van der Waals surface area (Å²) < 4.78 is 5.34. The van der Waals surface area contributed by atoms with E-state index in [-0.39, 0.29) is 22.6 Å². The van der Waals surface area contributed by atoms with Crippen molar-refractivity contribution in [2.75, 3.05) is 46.9 Å². The Morgan fingerprint density at radius 3 is 2.30 bits per heavy atom. The fraction of sp³-hybridized carbons (Fsp3) is 0.708. The van der Waals surface area contributed by atoms with Gasteiger partial charge in [-0.05, 0) is 64.1 Å². The van der Waals surface area contributed by atoms with E-state index in [1.807, 2.05) is 4.90 Å². The Morgan fingerprint density at radius 1 is 1.10 bits per heavy atom. The van der Waals surface area contributed by atoms with Crippen LogP contribution >= 0.6 is 0 Å². The van der Waals surface area contributed by atoms with Crippen LogP contribution in [0.1, 0.15) is 44.1 Å². The Balaban J connectivity index is 1.39. The van der Waals surface area contributed by atoms with Crippen molar-refractivity contribution in [2.45, 2.75) is 55.1 Å². The second-order valence-electron chi connectivity index (χ2n) is 10.6. The molecule has 30 heavy (non-hydrogen) atoms. The molecule has 2 heterocycles. The Kier molecular flexibility index (Phi) is 4.88. The zero-order chi connectivity index (χ0) is 21.0. The molecule has 164 valence electrons. The molecule has 2 aliphatic heterocycles. The molecule has 1 spiro atoms. The van der Waals surface area contributed by atoms with Crippen molar-refractivity contribution in [3.05, 3.63) is 35.9 Å². The molecule has 5 rings (SSSR count). The number of rotatable bonds is 6. The summed E-state index contributed by atoms with van der Waals surface area (Å²) in [4.78, 5) is 20.2. The van der Waals surface area contributed by atoms with Crippen LogP contribution in [0.2, 0.25) is 0 Å². The third-order valence-electron chi connectivity index (χ3n) is 8.16. The lowest BCUT2D eigenvalue weighted by atomic mass is 9.68. The number of nitrogens with zero attached hydrogens (tertiary/aromatic N) is 3. The molecule has 0 bridgehead atoms. The molecule has 4 fully saturated rings. The monoisotopic (exact) mass is 412 g/mol. The molecule has 4 aliphatic rings. The molecule has 0 radical (unpaired) electrons. The minimum atomic E-state index is -0.363. The summed E-state index contributed by atoms with van der Waals surface area (Å²) in [5.74, 6) is 0.694. The second kappa shape index (κ2) is 7.21. The number of benzene rings is 1. The number of hydrogen-bond acceptors (Lipinski definition) is 4. The zero-order valence-electron chi connectivity index (χ0n) is 18.5. The normalized spacial score (nSPS) is 33.4. The van der Waals surface area contributed by atoms with Gasteiger partial charge >= 0.3 is 6.03 Å². The minimum absolute atomic E-state index is 0.0467. The van der Waals surface area contributed by atoms with Crippen molar-refractivity contribution >= 4 is 6.03 Å². The van der Waals surface area contributed by atoms with Crippen LogP contribution in [0.3, 0.4) is 0 Å². The first-order valence-electron chi connectivity index (χ1n) is 11.5. The fourth-order valence-corrected chi connectivity index (χ4v) is 5.97. The molecular weight excluding hydrogens is 376 g/mol. The number of hydrogen-bond donors (Lipinski definition) is 1. The van der Waals surface area contributed by atoms with Crippen molar-refractivity contribution in [2.24, 2.45) is 11.7 Å². The molecule has 0 aromatic heterocycles. The summed E-state index contributed by atoms with van der Waals surface area (Å²) in [6, 6.07) is 11.1. The largest absolute Gasteiger partial charge is 0.377 e. The highest BCUT2D eigenvalue weighted by Gasteiger charge is 2.56. The molecule has 6 heteroatoms. The third kappa shape index (κ3) is 3.33. The summed E-state index contributed by atoms with van der Waals surface area (Å²) in [5.41, 5.74) is 7.47. The molecule has 2 N–H and O–H groups in total. The third-order valence-corrected chi connectivity index (χ3v) is 8.16. The van der Waals surface area contributed by atoms with Crippen LogP contribution in [0, 0.1) is 5.92 Å². The van der Waals surface area contributed by atoms with E-state index in [0.29, 0.717) is 25.7 Å². The molecule has 1 aromatic carbocycles. The Hall–Kier alpha value is -1.63. The lowest BCUT2D eigenvalue weighted by molar-refractivity contribution is -0.0626. The van der Waals surface area contributed by atoms with Crippen molar-refractivity contribution < 1.29 is 9.53 Å². The van der Waals surface area contributed by atoms with Crippen LogP contribution in [0.25, 0.3) is 0 Å². The molecule has 2 aliphatic carbocycles. The van der Waals surface area contributed by atoms with Gasteiger partial charge in [0.2, 0.25) is 0 Å².